The Bertz CT molecular complexity index is 996. The molecule has 3 rings (SSSR count). The highest BCUT2D eigenvalue weighted by Crippen LogP contribution is 2.36. The number of carbonyl (C=O) groups excluding carboxylic acids is 2. The molecule has 0 aliphatic carbocycles. The first kappa shape index (κ1) is 24.6. The van der Waals surface area contributed by atoms with Crippen LogP contribution >= 0.6 is 11.8 Å². The number of likely N-dealkylation sites (N-methyl/N-ethyl adjacent to an activating group) is 1. The average molecular weight is 479 g/mol. The minimum atomic E-state index is -1.13. The van der Waals surface area contributed by atoms with Gasteiger partial charge in [-0.3, -0.25) is 4.79 Å². The highest BCUT2D eigenvalue weighted by molar-refractivity contribution is 7.99. The molecule has 10 heteroatoms. The molecule has 2 amide bonds. The third-order valence-electron chi connectivity index (χ3n) is 5.02. The number of nitrogens with one attached hydrogen (secondary N) is 1. The van der Waals surface area contributed by atoms with Gasteiger partial charge in [0.15, 0.2) is 0 Å². The van der Waals surface area contributed by atoms with Crippen molar-refractivity contribution in [2.45, 2.75) is 69.7 Å². The summed E-state index contributed by atoms with van der Waals surface area (Å²) in [5.74, 6) is 0.234. The first-order valence-corrected chi connectivity index (χ1v) is 15.5. The number of ether oxygens (including phenoxy) is 2. The van der Waals surface area contributed by atoms with Crippen LogP contribution in [0, 0.1) is 0 Å². The Morgan fingerprint density at radius 1 is 1.31 bits per heavy atom. The van der Waals surface area contributed by atoms with Crippen molar-refractivity contribution in [3.05, 3.63) is 18.5 Å². The maximum Gasteiger partial charge on any atom is 0.408 e. The summed E-state index contributed by atoms with van der Waals surface area (Å²) < 4.78 is 13.2. The monoisotopic (exact) mass is 478 g/mol. The number of rotatable bonds is 6. The molecule has 8 nitrogen and oxygen atoms in total. The molecule has 0 radical (unpaired) electrons. The van der Waals surface area contributed by atoms with Gasteiger partial charge in [-0.25, -0.2) is 9.78 Å². The van der Waals surface area contributed by atoms with Crippen LogP contribution in [-0.4, -0.2) is 60.7 Å². The van der Waals surface area contributed by atoms with Crippen molar-refractivity contribution in [1.82, 2.24) is 14.9 Å². The number of aromatic nitrogens is 2. The first-order chi connectivity index (χ1) is 14.8. The number of nitrogens with zero attached hydrogens (tertiary/aromatic N) is 3. The second-order valence-electron chi connectivity index (χ2n) is 10.3. The molecule has 0 saturated carbocycles. The molecule has 32 heavy (non-hydrogen) atoms. The van der Waals surface area contributed by atoms with Crippen LogP contribution in [0.1, 0.15) is 20.8 Å². The number of carbonyl (C=O) groups is 2. The van der Waals surface area contributed by atoms with Gasteiger partial charge in [0.1, 0.15) is 18.4 Å². The third kappa shape index (κ3) is 6.26. The lowest BCUT2D eigenvalue weighted by Gasteiger charge is -2.24. The Labute approximate surface area is 195 Å². The number of fused-ring (bicyclic) bond motifs is 2. The van der Waals surface area contributed by atoms with Crippen LogP contribution in [0.2, 0.25) is 25.7 Å². The fourth-order valence-electron chi connectivity index (χ4n) is 3.25. The van der Waals surface area contributed by atoms with Gasteiger partial charge >= 0.3 is 6.09 Å². The van der Waals surface area contributed by atoms with Gasteiger partial charge in [-0.1, -0.05) is 19.6 Å². The van der Waals surface area contributed by atoms with E-state index < -0.39 is 25.8 Å². The fourth-order valence-corrected chi connectivity index (χ4v) is 5.11. The lowest BCUT2D eigenvalue weighted by atomic mass is 10.2. The number of thioether (sulfide) groups is 1. The summed E-state index contributed by atoms with van der Waals surface area (Å²) >= 11 is 1.53. The van der Waals surface area contributed by atoms with Crippen molar-refractivity contribution in [1.29, 1.82) is 0 Å². The van der Waals surface area contributed by atoms with E-state index in [9.17, 15) is 9.59 Å². The van der Waals surface area contributed by atoms with Gasteiger partial charge in [0.2, 0.25) is 5.91 Å². The molecule has 1 atom stereocenters. The van der Waals surface area contributed by atoms with Crippen molar-refractivity contribution in [3.8, 4) is 0 Å². The summed E-state index contributed by atoms with van der Waals surface area (Å²) in [6.45, 7) is 13.6. The number of amides is 2. The van der Waals surface area contributed by atoms with Crippen molar-refractivity contribution in [3.63, 3.8) is 0 Å². The normalized spacial score (nSPS) is 17.3. The largest absolute Gasteiger partial charge is 0.444 e. The molecule has 1 N–H and O–H groups in total. The van der Waals surface area contributed by atoms with Gasteiger partial charge in [-0.2, -0.15) is 0 Å². The molecular formula is C22H34N4O4SSi. The summed E-state index contributed by atoms with van der Waals surface area (Å²) in [7, 11) is 0.588. The van der Waals surface area contributed by atoms with Crippen LogP contribution in [0.4, 0.5) is 10.5 Å². The Kier molecular flexibility index (Phi) is 7.26. The smallest absolute Gasteiger partial charge is 0.408 e. The summed E-state index contributed by atoms with van der Waals surface area (Å²) in [5.41, 5.74) is 1.92. The molecule has 2 aromatic rings. The van der Waals surface area contributed by atoms with Crippen molar-refractivity contribution >= 4 is 48.6 Å². The number of benzene rings is 1. The molecule has 1 aromatic heterocycles. The molecule has 176 valence electrons. The number of hydrogen-bond acceptors (Lipinski definition) is 6. The van der Waals surface area contributed by atoms with Crippen LogP contribution in [0.15, 0.2) is 23.4 Å². The van der Waals surface area contributed by atoms with Crippen LogP contribution in [0.25, 0.3) is 11.0 Å². The van der Waals surface area contributed by atoms with E-state index in [0.29, 0.717) is 12.5 Å². The Balaban J connectivity index is 1.75. The van der Waals surface area contributed by atoms with Crippen LogP contribution in [0.5, 0.6) is 0 Å². The predicted octanol–water partition coefficient (Wildman–Crippen LogP) is 4.31. The SMILES string of the molecule is CN1C(=O)[C@@H](NC(=O)OC(C)(C)C)CSc2cc3c(cc21)ncn3COCC[Si](C)(C)C. The second-order valence-corrected chi connectivity index (χ2v) is 17.0. The molecule has 0 fully saturated rings. The highest BCUT2D eigenvalue weighted by Gasteiger charge is 2.31. The number of hydrogen-bond donors (Lipinski definition) is 1. The molecule has 0 saturated heterocycles. The summed E-state index contributed by atoms with van der Waals surface area (Å²) in [6, 6.07) is 4.41. The minimum Gasteiger partial charge on any atom is -0.444 e. The van der Waals surface area contributed by atoms with E-state index in [2.05, 4.69) is 29.9 Å². The molecular weight excluding hydrogens is 444 g/mol. The lowest BCUT2D eigenvalue weighted by molar-refractivity contribution is -0.119. The minimum absolute atomic E-state index is 0.185. The molecule has 1 aromatic carbocycles. The zero-order chi connectivity index (χ0) is 23.7. The standard InChI is InChI=1S/C22H34N4O4SSi/c1-22(2,3)30-21(28)24-16-12-31-19-11-17-15(10-18(19)25(4)20(16)27)23-13-26(17)14-29-8-9-32(5,6)7/h10-11,13,16H,8-9,12,14H2,1-7H3,(H,24,28)/t16-/m0/s1. The maximum atomic E-state index is 13.0. The second kappa shape index (κ2) is 9.44. The van der Waals surface area contributed by atoms with Gasteiger partial charge in [0, 0.05) is 32.4 Å². The van der Waals surface area contributed by atoms with E-state index >= 15 is 0 Å². The summed E-state index contributed by atoms with van der Waals surface area (Å²) in [5, 5.41) is 2.71. The Hall–Kier alpha value is -2.04. The summed E-state index contributed by atoms with van der Waals surface area (Å²) in [4.78, 5) is 32.3. The molecule has 0 spiro atoms. The van der Waals surface area contributed by atoms with Gasteiger partial charge in [-0.05, 0) is 38.9 Å². The van der Waals surface area contributed by atoms with E-state index in [4.69, 9.17) is 9.47 Å². The van der Waals surface area contributed by atoms with Gasteiger partial charge in [0.05, 0.1) is 23.0 Å². The molecule has 1 aliphatic rings. The topological polar surface area (TPSA) is 85.7 Å². The van der Waals surface area contributed by atoms with Crippen LogP contribution < -0.4 is 10.2 Å². The van der Waals surface area contributed by atoms with Crippen LogP contribution in [-0.2, 0) is 21.0 Å². The van der Waals surface area contributed by atoms with E-state index in [1.54, 1.807) is 39.0 Å². The maximum absolute atomic E-state index is 13.0. The average Bonchev–Trinajstić information content (AvgIpc) is 3.01. The van der Waals surface area contributed by atoms with Gasteiger partial charge in [0.25, 0.3) is 0 Å². The number of alkyl carbamates (subject to hydrolysis) is 1. The van der Waals surface area contributed by atoms with E-state index in [1.807, 2.05) is 16.7 Å². The first-order valence-electron chi connectivity index (χ1n) is 10.8. The Morgan fingerprint density at radius 2 is 2.03 bits per heavy atom. The zero-order valence-electron chi connectivity index (χ0n) is 20.0. The van der Waals surface area contributed by atoms with Gasteiger partial charge < -0.3 is 24.3 Å². The predicted molar refractivity (Wildman–Crippen MR) is 131 cm³/mol. The third-order valence-corrected chi connectivity index (χ3v) is 7.86. The number of anilines is 1. The molecule has 1 aliphatic heterocycles. The van der Waals surface area contributed by atoms with Crippen LogP contribution in [0.3, 0.4) is 0 Å². The van der Waals surface area contributed by atoms with E-state index in [1.165, 1.54) is 11.8 Å². The van der Waals surface area contributed by atoms with Crippen molar-refractivity contribution in [2.24, 2.45) is 0 Å². The van der Waals surface area contributed by atoms with Gasteiger partial charge in [-0.15, -0.1) is 11.8 Å². The quantitative estimate of drug-likeness (QED) is 0.492. The molecule has 2 heterocycles. The summed E-state index contributed by atoms with van der Waals surface area (Å²) in [6.07, 6.45) is 1.18. The van der Waals surface area contributed by atoms with E-state index in [-0.39, 0.29) is 5.91 Å². The highest BCUT2D eigenvalue weighted by atomic mass is 32.2. The molecule has 0 bridgehead atoms. The van der Waals surface area contributed by atoms with E-state index in [0.717, 1.165) is 34.3 Å². The number of imidazole rings is 1. The van der Waals surface area contributed by atoms with Crippen molar-refractivity contribution < 1.29 is 19.1 Å². The fraction of sp³-hybridized carbons (Fsp3) is 0.591. The lowest BCUT2D eigenvalue weighted by Crippen LogP contribution is -2.49. The Morgan fingerprint density at radius 3 is 2.69 bits per heavy atom. The zero-order valence-corrected chi connectivity index (χ0v) is 21.8. The van der Waals surface area contributed by atoms with Crippen molar-refractivity contribution in [2.75, 3.05) is 24.3 Å². The molecule has 0 unspecified atom stereocenters.